The number of hydrogen-bond donors (Lipinski definition) is 2. The second-order valence-corrected chi connectivity index (χ2v) is 5.47. The number of carboxylic acid groups (broad SMARTS) is 1. The van der Waals surface area contributed by atoms with Gasteiger partial charge in [-0.1, -0.05) is 13.0 Å². The first-order chi connectivity index (χ1) is 9.06. The van der Waals surface area contributed by atoms with Crippen molar-refractivity contribution in [3.8, 4) is 5.75 Å². The monoisotopic (exact) mass is 282 g/mol. The summed E-state index contributed by atoms with van der Waals surface area (Å²) in [6.45, 7) is 2.06. The van der Waals surface area contributed by atoms with Gasteiger partial charge in [0, 0.05) is 17.1 Å². The molecular weight excluding hydrogens is 264 g/mol. The third kappa shape index (κ3) is 5.36. The number of hydrogen-bond acceptors (Lipinski definition) is 4. The van der Waals surface area contributed by atoms with Gasteiger partial charge in [0.05, 0.1) is 13.7 Å². The van der Waals surface area contributed by atoms with Crippen LogP contribution in [0.4, 0.5) is 0 Å². The maximum absolute atomic E-state index is 10.6. The molecule has 0 bridgehead atoms. The number of aliphatic hydroxyl groups excluding tert-OH is 1. The lowest BCUT2D eigenvalue weighted by Crippen LogP contribution is -2.03. The Bertz CT molecular complexity index is 457. The van der Waals surface area contributed by atoms with Gasteiger partial charge in [0.2, 0.25) is 0 Å². The molecule has 0 aliphatic heterocycles. The van der Waals surface area contributed by atoms with E-state index in [9.17, 15) is 4.79 Å². The second-order valence-electron chi connectivity index (χ2n) is 4.04. The largest absolute Gasteiger partial charge is 0.497 e. The molecule has 0 aliphatic carbocycles. The van der Waals surface area contributed by atoms with E-state index in [2.05, 4.69) is 0 Å². The molecule has 0 saturated carbocycles. The van der Waals surface area contributed by atoms with Gasteiger partial charge in [0.1, 0.15) is 5.75 Å². The highest BCUT2D eigenvalue weighted by molar-refractivity contribution is 7.99. The van der Waals surface area contributed by atoms with Gasteiger partial charge in [0.25, 0.3) is 0 Å². The van der Waals surface area contributed by atoms with Gasteiger partial charge in [-0.3, -0.25) is 0 Å². The minimum absolute atomic E-state index is 0.120. The van der Waals surface area contributed by atoms with E-state index in [0.717, 1.165) is 23.0 Å². The fourth-order valence-electron chi connectivity index (χ4n) is 1.44. The Morgan fingerprint density at radius 2 is 2.26 bits per heavy atom. The Balaban J connectivity index is 2.92. The molecule has 0 heterocycles. The molecule has 19 heavy (non-hydrogen) atoms. The topological polar surface area (TPSA) is 66.8 Å². The molecule has 1 aromatic carbocycles. The van der Waals surface area contributed by atoms with Gasteiger partial charge < -0.3 is 14.9 Å². The number of aliphatic carboxylic acids is 1. The highest BCUT2D eigenvalue weighted by Crippen LogP contribution is 2.25. The maximum atomic E-state index is 10.6. The first-order valence-corrected chi connectivity index (χ1v) is 6.92. The first-order valence-electron chi connectivity index (χ1n) is 5.87. The summed E-state index contributed by atoms with van der Waals surface area (Å²) in [5.74, 6) is 0.455. The highest BCUT2D eigenvalue weighted by Gasteiger charge is 2.06. The number of thioether (sulfide) groups is 1. The van der Waals surface area contributed by atoms with Crippen molar-refractivity contribution in [1.82, 2.24) is 0 Å². The van der Waals surface area contributed by atoms with E-state index in [-0.39, 0.29) is 11.9 Å². The quantitative estimate of drug-likeness (QED) is 0.752. The van der Waals surface area contributed by atoms with Gasteiger partial charge in [-0.05, 0) is 29.3 Å². The molecule has 0 aromatic heterocycles. The molecule has 1 rings (SSSR count). The Morgan fingerprint density at radius 1 is 1.53 bits per heavy atom. The summed E-state index contributed by atoms with van der Waals surface area (Å²) < 4.78 is 5.17. The lowest BCUT2D eigenvalue weighted by molar-refractivity contribution is -0.131. The van der Waals surface area contributed by atoms with Crippen molar-refractivity contribution < 1.29 is 19.7 Å². The molecule has 104 valence electrons. The summed E-state index contributed by atoms with van der Waals surface area (Å²) in [6.07, 6.45) is 2.69. The number of methoxy groups -OCH3 is 1. The summed E-state index contributed by atoms with van der Waals surface area (Å²) in [7, 11) is 1.59. The van der Waals surface area contributed by atoms with Gasteiger partial charge in [-0.15, -0.1) is 0 Å². The number of rotatable bonds is 7. The Labute approximate surface area is 117 Å². The molecule has 0 fully saturated rings. The van der Waals surface area contributed by atoms with Crippen molar-refractivity contribution in [2.45, 2.75) is 17.9 Å². The maximum Gasteiger partial charge on any atom is 0.328 e. The van der Waals surface area contributed by atoms with Crippen LogP contribution in [0.1, 0.15) is 18.1 Å². The van der Waals surface area contributed by atoms with Gasteiger partial charge in [-0.2, -0.15) is 11.8 Å². The average molecular weight is 282 g/mol. The van der Waals surface area contributed by atoms with Gasteiger partial charge in [0.15, 0.2) is 0 Å². The van der Waals surface area contributed by atoms with E-state index in [4.69, 9.17) is 14.9 Å². The molecule has 2 N–H and O–H groups in total. The van der Waals surface area contributed by atoms with Crippen molar-refractivity contribution in [3.05, 3.63) is 35.4 Å². The molecule has 0 radical (unpaired) electrons. The minimum Gasteiger partial charge on any atom is -0.497 e. The Hall–Kier alpha value is -1.46. The van der Waals surface area contributed by atoms with Crippen LogP contribution in [-0.2, 0) is 10.5 Å². The summed E-state index contributed by atoms with van der Waals surface area (Å²) in [6, 6.07) is 5.52. The second kappa shape index (κ2) is 7.86. The van der Waals surface area contributed by atoms with Gasteiger partial charge >= 0.3 is 5.97 Å². The lowest BCUT2D eigenvalue weighted by atomic mass is 10.1. The van der Waals surface area contributed by atoms with E-state index in [1.165, 1.54) is 0 Å². The highest BCUT2D eigenvalue weighted by atomic mass is 32.2. The van der Waals surface area contributed by atoms with Crippen molar-refractivity contribution >= 4 is 23.8 Å². The smallest absolute Gasteiger partial charge is 0.328 e. The van der Waals surface area contributed by atoms with E-state index in [1.54, 1.807) is 31.0 Å². The third-order valence-corrected chi connectivity index (χ3v) is 3.73. The summed E-state index contributed by atoms with van der Waals surface area (Å²) >= 11 is 1.61. The van der Waals surface area contributed by atoms with Crippen LogP contribution in [0.2, 0.25) is 0 Å². The molecule has 5 heteroatoms. The zero-order valence-corrected chi connectivity index (χ0v) is 11.8. The standard InChI is InChI=1S/C14H18O4S/c1-10(8-15)19-9-12-7-13(18-2)5-3-11(12)4-6-14(16)17/h3-7,10,15H,8-9H2,1-2H3,(H,16,17)/b6-4+. The van der Waals surface area contributed by atoms with E-state index >= 15 is 0 Å². The molecule has 0 amide bonds. The molecule has 1 unspecified atom stereocenters. The third-order valence-electron chi connectivity index (χ3n) is 2.54. The summed E-state index contributed by atoms with van der Waals surface area (Å²) in [5, 5.41) is 17.8. The number of carbonyl (C=O) groups is 1. The number of carboxylic acids is 1. The molecule has 0 saturated heterocycles. The zero-order valence-electron chi connectivity index (χ0n) is 11.0. The van der Waals surface area contributed by atoms with Crippen LogP contribution in [0, 0.1) is 0 Å². The number of aliphatic hydroxyl groups is 1. The first kappa shape index (κ1) is 15.6. The minimum atomic E-state index is -0.974. The van der Waals surface area contributed by atoms with Crippen molar-refractivity contribution in [1.29, 1.82) is 0 Å². The lowest BCUT2D eigenvalue weighted by Gasteiger charge is -2.11. The van der Waals surface area contributed by atoms with E-state index in [0.29, 0.717) is 5.75 Å². The van der Waals surface area contributed by atoms with Crippen LogP contribution in [0.5, 0.6) is 5.75 Å². The van der Waals surface area contributed by atoms with Crippen LogP contribution in [0.25, 0.3) is 6.08 Å². The van der Waals surface area contributed by atoms with Crippen LogP contribution >= 0.6 is 11.8 Å². The zero-order chi connectivity index (χ0) is 14.3. The number of ether oxygens (including phenoxy) is 1. The molecule has 0 aliphatic rings. The predicted octanol–water partition coefficient (Wildman–Crippen LogP) is 2.41. The van der Waals surface area contributed by atoms with Crippen LogP contribution in [0.15, 0.2) is 24.3 Å². The fourth-order valence-corrected chi connectivity index (χ4v) is 2.26. The summed E-state index contributed by atoms with van der Waals surface area (Å²) in [4.78, 5) is 10.6. The average Bonchev–Trinajstić information content (AvgIpc) is 2.42. The molecule has 1 atom stereocenters. The molecule has 1 aromatic rings. The van der Waals surface area contributed by atoms with Crippen molar-refractivity contribution in [2.75, 3.05) is 13.7 Å². The summed E-state index contributed by atoms with van der Waals surface area (Å²) in [5.41, 5.74) is 1.84. The predicted molar refractivity (Wildman–Crippen MR) is 77.5 cm³/mol. The fraction of sp³-hybridized carbons (Fsp3) is 0.357. The normalized spacial score (nSPS) is 12.6. The Kier molecular flexibility index (Phi) is 6.45. The SMILES string of the molecule is COc1ccc(/C=C/C(=O)O)c(CSC(C)CO)c1. The Morgan fingerprint density at radius 3 is 2.84 bits per heavy atom. The molecular formula is C14H18O4S. The van der Waals surface area contributed by atoms with Crippen molar-refractivity contribution in [3.63, 3.8) is 0 Å². The van der Waals surface area contributed by atoms with Crippen molar-refractivity contribution in [2.24, 2.45) is 0 Å². The van der Waals surface area contributed by atoms with Crippen LogP contribution < -0.4 is 4.74 Å². The van der Waals surface area contributed by atoms with E-state index in [1.807, 2.05) is 19.1 Å². The molecule has 4 nitrogen and oxygen atoms in total. The van der Waals surface area contributed by atoms with Gasteiger partial charge in [-0.25, -0.2) is 4.79 Å². The van der Waals surface area contributed by atoms with Crippen LogP contribution in [-0.4, -0.2) is 35.1 Å². The van der Waals surface area contributed by atoms with E-state index < -0.39 is 5.97 Å². The number of benzene rings is 1. The molecule has 0 spiro atoms. The van der Waals surface area contributed by atoms with Crippen LogP contribution in [0.3, 0.4) is 0 Å².